The highest BCUT2D eigenvalue weighted by molar-refractivity contribution is 5.85. The highest BCUT2D eigenvalue weighted by Gasteiger charge is 2.00. The fraction of sp³-hybridized carbons (Fsp3) is 0.438. The van der Waals surface area contributed by atoms with E-state index in [1.54, 1.807) is 13.0 Å². The Morgan fingerprint density at radius 2 is 2.05 bits per heavy atom. The van der Waals surface area contributed by atoms with Crippen LogP contribution in [0.3, 0.4) is 0 Å². The Bertz CT molecular complexity index is 429. The molecule has 110 valence electrons. The van der Waals surface area contributed by atoms with E-state index in [-0.39, 0.29) is 0 Å². The summed E-state index contributed by atoms with van der Waals surface area (Å²) in [5.41, 5.74) is 1.71. The molecule has 0 radical (unpaired) electrons. The molecule has 2 N–H and O–H groups in total. The van der Waals surface area contributed by atoms with Gasteiger partial charge in [0.15, 0.2) is 0 Å². The normalized spacial score (nSPS) is 11.8. The molecule has 0 bridgehead atoms. The first-order valence-corrected chi connectivity index (χ1v) is 6.93. The van der Waals surface area contributed by atoms with E-state index in [1.165, 1.54) is 5.56 Å². The fourth-order valence-electron chi connectivity index (χ4n) is 1.86. The zero-order valence-corrected chi connectivity index (χ0v) is 12.3. The molecule has 0 saturated carbocycles. The number of hydrogen-bond donors (Lipinski definition) is 2. The van der Waals surface area contributed by atoms with Gasteiger partial charge in [-0.2, -0.15) is 0 Å². The lowest BCUT2D eigenvalue weighted by atomic mass is 10.2. The number of hydrogen-bond acceptors (Lipinski definition) is 3. The molecule has 1 rings (SSSR count). The lowest BCUT2D eigenvalue weighted by Gasteiger charge is -2.16. The van der Waals surface area contributed by atoms with Crippen molar-refractivity contribution in [1.29, 1.82) is 0 Å². The molecule has 0 amide bonds. The van der Waals surface area contributed by atoms with Gasteiger partial charge in [0, 0.05) is 18.7 Å². The molecule has 20 heavy (non-hydrogen) atoms. The molecule has 0 saturated heterocycles. The van der Waals surface area contributed by atoms with Crippen LogP contribution in [0.25, 0.3) is 0 Å². The van der Waals surface area contributed by atoms with Gasteiger partial charge in [-0.25, -0.2) is 4.79 Å². The van der Waals surface area contributed by atoms with Crippen LogP contribution >= 0.6 is 0 Å². The van der Waals surface area contributed by atoms with Crippen molar-refractivity contribution in [3.8, 4) is 0 Å². The monoisotopic (exact) mass is 276 g/mol. The second-order valence-electron chi connectivity index (χ2n) is 4.97. The van der Waals surface area contributed by atoms with Gasteiger partial charge in [0.05, 0.1) is 0 Å². The van der Waals surface area contributed by atoms with Crippen LogP contribution in [0.15, 0.2) is 42.0 Å². The maximum atomic E-state index is 10.6. The second-order valence-corrected chi connectivity index (χ2v) is 4.97. The first-order chi connectivity index (χ1) is 9.59. The van der Waals surface area contributed by atoms with Crippen LogP contribution in [-0.2, 0) is 11.3 Å². The predicted molar refractivity (Wildman–Crippen MR) is 81.7 cm³/mol. The summed E-state index contributed by atoms with van der Waals surface area (Å²) in [7, 11) is 2.11. The van der Waals surface area contributed by atoms with Crippen LogP contribution in [-0.4, -0.2) is 42.7 Å². The zero-order valence-electron chi connectivity index (χ0n) is 12.3. The number of carboxylic acid groups (broad SMARTS) is 1. The van der Waals surface area contributed by atoms with E-state index >= 15 is 0 Å². The van der Waals surface area contributed by atoms with Gasteiger partial charge in [-0.1, -0.05) is 36.4 Å². The number of rotatable bonds is 9. The first-order valence-electron chi connectivity index (χ1n) is 6.93. The summed E-state index contributed by atoms with van der Waals surface area (Å²) in [6.45, 7) is 5.09. The van der Waals surface area contributed by atoms with Gasteiger partial charge in [-0.15, -0.1) is 0 Å². The molecule has 0 aromatic heterocycles. The molecule has 4 nitrogen and oxygen atoms in total. The molecule has 0 heterocycles. The Balaban J connectivity index is 2.09. The van der Waals surface area contributed by atoms with Crippen molar-refractivity contribution >= 4 is 5.97 Å². The largest absolute Gasteiger partial charge is 0.478 e. The van der Waals surface area contributed by atoms with Gasteiger partial charge in [0.2, 0.25) is 0 Å². The van der Waals surface area contributed by atoms with Gasteiger partial charge in [0.1, 0.15) is 0 Å². The number of benzene rings is 1. The van der Waals surface area contributed by atoms with Crippen LogP contribution in [0.2, 0.25) is 0 Å². The minimum absolute atomic E-state index is 0.388. The highest BCUT2D eigenvalue weighted by atomic mass is 16.4. The molecule has 0 aliphatic carbocycles. The Labute approximate surface area is 121 Å². The number of nitrogens with one attached hydrogen (secondary N) is 1. The van der Waals surface area contributed by atoms with Crippen molar-refractivity contribution in [2.24, 2.45) is 0 Å². The summed E-state index contributed by atoms with van der Waals surface area (Å²) in [5.74, 6) is -0.852. The summed E-state index contributed by atoms with van der Waals surface area (Å²) in [5, 5.41) is 11.9. The molecular weight excluding hydrogens is 252 g/mol. The van der Waals surface area contributed by atoms with Crippen molar-refractivity contribution in [1.82, 2.24) is 10.2 Å². The van der Waals surface area contributed by atoms with Crippen LogP contribution < -0.4 is 5.32 Å². The van der Waals surface area contributed by atoms with E-state index in [0.717, 1.165) is 26.1 Å². The average molecular weight is 276 g/mol. The maximum absolute atomic E-state index is 10.6. The molecule has 0 aliphatic rings. The molecule has 0 spiro atoms. The number of aliphatic carboxylic acids is 1. The standard InChI is InChI=1S/C16H24N2O2/c1-14(16(19)20)9-11-17-10-6-12-18(2)13-15-7-4-3-5-8-15/h3-5,7-9,17H,6,10-13H2,1-2H3,(H,19,20)/b14-9-. The van der Waals surface area contributed by atoms with Gasteiger partial charge >= 0.3 is 5.97 Å². The van der Waals surface area contributed by atoms with Gasteiger partial charge in [-0.3, -0.25) is 0 Å². The lowest BCUT2D eigenvalue weighted by molar-refractivity contribution is -0.132. The third-order valence-electron chi connectivity index (χ3n) is 3.08. The van der Waals surface area contributed by atoms with Crippen molar-refractivity contribution < 1.29 is 9.90 Å². The van der Waals surface area contributed by atoms with Crippen molar-refractivity contribution in [2.75, 3.05) is 26.7 Å². The summed E-state index contributed by atoms with van der Waals surface area (Å²) >= 11 is 0. The molecule has 0 aliphatic heterocycles. The molecular formula is C16H24N2O2. The Kier molecular flexibility index (Phi) is 7.62. The maximum Gasteiger partial charge on any atom is 0.330 e. The fourth-order valence-corrected chi connectivity index (χ4v) is 1.86. The summed E-state index contributed by atoms with van der Waals surface area (Å²) in [6.07, 6.45) is 2.75. The van der Waals surface area contributed by atoms with E-state index < -0.39 is 5.97 Å². The molecule has 1 aromatic carbocycles. The summed E-state index contributed by atoms with van der Waals surface area (Å²) < 4.78 is 0. The van der Waals surface area contributed by atoms with Crippen molar-refractivity contribution in [2.45, 2.75) is 19.9 Å². The Morgan fingerprint density at radius 1 is 1.35 bits per heavy atom. The van der Waals surface area contributed by atoms with E-state index in [0.29, 0.717) is 12.1 Å². The number of nitrogens with zero attached hydrogens (tertiary/aromatic N) is 1. The van der Waals surface area contributed by atoms with Crippen LogP contribution in [0.5, 0.6) is 0 Å². The summed E-state index contributed by atoms with van der Waals surface area (Å²) in [4.78, 5) is 12.9. The minimum atomic E-state index is -0.852. The third-order valence-corrected chi connectivity index (χ3v) is 3.08. The molecule has 1 aromatic rings. The molecule has 0 unspecified atom stereocenters. The second kappa shape index (κ2) is 9.28. The average Bonchev–Trinajstić information content (AvgIpc) is 2.43. The van der Waals surface area contributed by atoms with Crippen molar-refractivity contribution in [3.63, 3.8) is 0 Å². The van der Waals surface area contributed by atoms with E-state index in [4.69, 9.17) is 5.11 Å². The van der Waals surface area contributed by atoms with Gasteiger partial charge in [0.25, 0.3) is 0 Å². The highest BCUT2D eigenvalue weighted by Crippen LogP contribution is 2.02. The third kappa shape index (κ3) is 7.07. The number of carbonyl (C=O) groups is 1. The topological polar surface area (TPSA) is 52.6 Å². The van der Waals surface area contributed by atoms with Crippen LogP contribution in [0.1, 0.15) is 18.9 Å². The minimum Gasteiger partial charge on any atom is -0.478 e. The number of carboxylic acids is 1. The van der Waals surface area contributed by atoms with E-state index in [9.17, 15) is 4.79 Å². The predicted octanol–water partition coefficient (Wildman–Crippen LogP) is 2.13. The Morgan fingerprint density at radius 3 is 2.70 bits per heavy atom. The van der Waals surface area contributed by atoms with Gasteiger partial charge < -0.3 is 15.3 Å². The SMILES string of the molecule is C/C(=C/CNCCCN(C)Cc1ccccc1)C(=O)O. The van der Waals surface area contributed by atoms with E-state index in [2.05, 4.69) is 41.5 Å². The zero-order chi connectivity index (χ0) is 14.8. The van der Waals surface area contributed by atoms with Crippen molar-refractivity contribution in [3.05, 3.63) is 47.5 Å². The molecule has 4 heteroatoms. The summed E-state index contributed by atoms with van der Waals surface area (Å²) in [6, 6.07) is 10.4. The van der Waals surface area contributed by atoms with Crippen LogP contribution in [0.4, 0.5) is 0 Å². The lowest BCUT2D eigenvalue weighted by Crippen LogP contribution is -2.24. The quantitative estimate of drug-likeness (QED) is 0.536. The Hall–Kier alpha value is -1.65. The van der Waals surface area contributed by atoms with E-state index in [1.807, 2.05) is 6.07 Å². The smallest absolute Gasteiger partial charge is 0.330 e. The first kappa shape index (κ1) is 16.4. The molecule has 0 atom stereocenters. The van der Waals surface area contributed by atoms with Gasteiger partial charge in [-0.05, 0) is 39.0 Å². The molecule has 0 fully saturated rings. The van der Waals surface area contributed by atoms with Crippen LogP contribution in [0, 0.1) is 0 Å².